The van der Waals surface area contributed by atoms with Crippen LogP contribution in [-0.4, -0.2) is 16.1 Å². The summed E-state index contributed by atoms with van der Waals surface area (Å²) in [5, 5.41) is 3.00. The number of aromatic nitrogens is 2. The highest BCUT2D eigenvalue weighted by Crippen LogP contribution is 2.34. The molecule has 0 radical (unpaired) electrons. The minimum absolute atomic E-state index is 0.0483. The van der Waals surface area contributed by atoms with Crippen LogP contribution in [0.5, 0.6) is 0 Å². The topological polar surface area (TPSA) is 34.9 Å². The molecule has 0 fully saturated rings. The van der Waals surface area contributed by atoms with E-state index >= 15 is 0 Å². The van der Waals surface area contributed by atoms with Gasteiger partial charge in [-0.2, -0.15) is 18.3 Å². The molecule has 0 bridgehead atoms. The Morgan fingerprint density at radius 1 is 1.37 bits per heavy atom. The normalized spacial score (nSPS) is 11.6. The Morgan fingerprint density at radius 2 is 2.05 bits per heavy atom. The molecule has 0 aliphatic rings. The van der Waals surface area contributed by atoms with Crippen molar-refractivity contribution < 1.29 is 18.0 Å². The molecule has 1 aromatic heterocycles. The van der Waals surface area contributed by atoms with Crippen molar-refractivity contribution in [3.63, 3.8) is 0 Å². The number of aldehydes is 1. The zero-order chi connectivity index (χ0) is 14.2. The van der Waals surface area contributed by atoms with Crippen molar-refractivity contribution in [2.45, 2.75) is 6.18 Å². The standard InChI is InChI=1S/C11H5BrClF3N2O/c12-6-2-1-3-7(4-6)18-10(13)8(5-19)9(17-18)11(14,15)16/h1-5H. The van der Waals surface area contributed by atoms with Gasteiger partial charge in [0.15, 0.2) is 12.0 Å². The number of nitrogens with zero attached hydrogens (tertiary/aromatic N) is 2. The van der Waals surface area contributed by atoms with E-state index in [4.69, 9.17) is 11.6 Å². The Hall–Kier alpha value is -1.34. The lowest BCUT2D eigenvalue weighted by Crippen LogP contribution is -2.09. The number of benzene rings is 1. The zero-order valence-electron chi connectivity index (χ0n) is 9.08. The molecule has 2 rings (SSSR count). The van der Waals surface area contributed by atoms with Crippen molar-refractivity contribution in [1.29, 1.82) is 0 Å². The van der Waals surface area contributed by atoms with Gasteiger partial charge < -0.3 is 0 Å². The minimum atomic E-state index is -4.74. The first-order valence-corrected chi connectivity index (χ1v) is 6.08. The van der Waals surface area contributed by atoms with Gasteiger partial charge in [0.05, 0.1) is 11.3 Å². The van der Waals surface area contributed by atoms with Crippen LogP contribution in [0.15, 0.2) is 28.7 Å². The molecule has 0 atom stereocenters. The number of hydrogen-bond donors (Lipinski definition) is 0. The maximum atomic E-state index is 12.7. The van der Waals surface area contributed by atoms with Gasteiger partial charge >= 0.3 is 6.18 Å². The SMILES string of the molecule is O=Cc1c(C(F)(F)F)nn(-c2cccc(Br)c2)c1Cl. The van der Waals surface area contributed by atoms with Gasteiger partial charge in [-0.3, -0.25) is 4.79 Å². The van der Waals surface area contributed by atoms with Crippen molar-refractivity contribution in [3.8, 4) is 5.69 Å². The quantitative estimate of drug-likeness (QED) is 0.761. The third-order valence-electron chi connectivity index (χ3n) is 2.30. The second kappa shape index (κ2) is 4.97. The lowest BCUT2D eigenvalue weighted by atomic mass is 10.2. The highest BCUT2D eigenvalue weighted by molar-refractivity contribution is 9.10. The maximum Gasteiger partial charge on any atom is 0.435 e. The molecule has 1 heterocycles. The predicted molar refractivity (Wildman–Crippen MR) is 66.7 cm³/mol. The second-order valence-electron chi connectivity index (χ2n) is 3.56. The molecule has 100 valence electrons. The van der Waals surface area contributed by atoms with Crippen molar-refractivity contribution in [1.82, 2.24) is 9.78 Å². The van der Waals surface area contributed by atoms with Gasteiger partial charge in [-0.25, -0.2) is 4.68 Å². The lowest BCUT2D eigenvalue weighted by molar-refractivity contribution is -0.141. The molecule has 1 aromatic carbocycles. The number of alkyl halides is 3. The first kappa shape index (κ1) is 14.1. The zero-order valence-corrected chi connectivity index (χ0v) is 11.4. The Labute approximate surface area is 119 Å². The number of carbonyl (C=O) groups excluding carboxylic acids is 1. The summed E-state index contributed by atoms with van der Waals surface area (Å²) in [6.45, 7) is 0. The predicted octanol–water partition coefficient (Wildman–Crippen LogP) is 4.12. The minimum Gasteiger partial charge on any atom is -0.298 e. The van der Waals surface area contributed by atoms with Gasteiger partial charge in [-0.05, 0) is 18.2 Å². The largest absolute Gasteiger partial charge is 0.435 e. The molecule has 0 saturated heterocycles. The smallest absolute Gasteiger partial charge is 0.298 e. The maximum absolute atomic E-state index is 12.7. The summed E-state index contributed by atoms with van der Waals surface area (Å²) >= 11 is 8.97. The summed E-state index contributed by atoms with van der Waals surface area (Å²) in [4.78, 5) is 10.8. The number of hydrogen-bond acceptors (Lipinski definition) is 2. The van der Waals surface area contributed by atoms with Crippen molar-refractivity contribution >= 4 is 33.8 Å². The van der Waals surface area contributed by atoms with E-state index in [-0.39, 0.29) is 11.4 Å². The average molecular weight is 354 g/mol. The Kier molecular flexibility index (Phi) is 3.69. The molecular formula is C11H5BrClF3N2O. The van der Waals surface area contributed by atoms with Crippen LogP contribution in [-0.2, 0) is 6.18 Å². The molecule has 0 spiro atoms. The summed E-state index contributed by atoms with van der Waals surface area (Å²) in [7, 11) is 0. The monoisotopic (exact) mass is 352 g/mol. The van der Waals surface area contributed by atoms with Gasteiger partial charge in [-0.1, -0.05) is 33.6 Å². The fourth-order valence-corrected chi connectivity index (χ4v) is 2.16. The molecular weight excluding hydrogens is 348 g/mol. The third kappa shape index (κ3) is 2.66. The lowest BCUT2D eigenvalue weighted by Gasteiger charge is -2.03. The first-order valence-electron chi connectivity index (χ1n) is 4.91. The van der Waals surface area contributed by atoms with Gasteiger partial charge in [0.2, 0.25) is 0 Å². The second-order valence-corrected chi connectivity index (χ2v) is 4.83. The molecule has 0 unspecified atom stereocenters. The van der Waals surface area contributed by atoms with Crippen molar-refractivity contribution in [3.05, 3.63) is 45.1 Å². The van der Waals surface area contributed by atoms with E-state index in [1.807, 2.05) is 0 Å². The molecule has 8 heteroatoms. The van der Waals surface area contributed by atoms with Gasteiger partial charge in [0, 0.05) is 4.47 Å². The Morgan fingerprint density at radius 3 is 2.53 bits per heavy atom. The van der Waals surface area contributed by atoms with E-state index in [0.717, 1.165) is 4.68 Å². The molecule has 0 N–H and O–H groups in total. The Bertz CT molecular complexity index is 639. The van der Waals surface area contributed by atoms with E-state index in [2.05, 4.69) is 21.0 Å². The van der Waals surface area contributed by atoms with Crippen LogP contribution in [0.4, 0.5) is 13.2 Å². The number of carbonyl (C=O) groups is 1. The molecule has 0 amide bonds. The van der Waals surface area contributed by atoms with Crippen molar-refractivity contribution in [2.24, 2.45) is 0 Å². The molecule has 19 heavy (non-hydrogen) atoms. The van der Waals surface area contributed by atoms with E-state index in [1.54, 1.807) is 12.1 Å². The third-order valence-corrected chi connectivity index (χ3v) is 3.16. The van der Waals surface area contributed by atoms with Gasteiger partial charge in [0.25, 0.3) is 0 Å². The first-order chi connectivity index (χ1) is 8.84. The molecule has 0 aliphatic heterocycles. The van der Waals surface area contributed by atoms with Crippen LogP contribution >= 0.6 is 27.5 Å². The van der Waals surface area contributed by atoms with Crippen LogP contribution in [0, 0.1) is 0 Å². The number of halogens is 5. The average Bonchev–Trinajstić information content (AvgIpc) is 2.66. The van der Waals surface area contributed by atoms with Gasteiger partial charge in [0.1, 0.15) is 5.15 Å². The summed E-state index contributed by atoms with van der Waals surface area (Å²) in [5.74, 6) is 0. The highest BCUT2D eigenvalue weighted by Gasteiger charge is 2.39. The molecule has 3 nitrogen and oxygen atoms in total. The Balaban J connectivity index is 2.66. The summed E-state index contributed by atoms with van der Waals surface area (Å²) in [6, 6.07) is 6.38. The van der Waals surface area contributed by atoms with Crippen LogP contribution in [0.2, 0.25) is 5.15 Å². The van der Waals surface area contributed by atoms with Crippen LogP contribution < -0.4 is 0 Å². The summed E-state index contributed by atoms with van der Waals surface area (Å²) in [5.41, 5.74) is -1.65. The number of rotatable bonds is 2. The van der Waals surface area contributed by atoms with Crippen LogP contribution in [0.3, 0.4) is 0 Å². The van der Waals surface area contributed by atoms with E-state index in [9.17, 15) is 18.0 Å². The van der Waals surface area contributed by atoms with E-state index < -0.39 is 17.4 Å². The van der Waals surface area contributed by atoms with E-state index in [1.165, 1.54) is 12.1 Å². The van der Waals surface area contributed by atoms with Crippen LogP contribution in [0.25, 0.3) is 5.69 Å². The highest BCUT2D eigenvalue weighted by atomic mass is 79.9. The van der Waals surface area contributed by atoms with Crippen LogP contribution in [0.1, 0.15) is 16.1 Å². The molecule has 0 saturated carbocycles. The van der Waals surface area contributed by atoms with Gasteiger partial charge in [-0.15, -0.1) is 0 Å². The van der Waals surface area contributed by atoms with Crippen molar-refractivity contribution in [2.75, 3.05) is 0 Å². The fourth-order valence-electron chi connectivity index (χ4n) is 1.50. The molecule has 2 aromatic rings. The fraction of sp³-hybridized carbons (Fsp3) is 0.0909. The summed E-state index contributed by atoms with van der Waals surface area (Å²) < 4.78 is 39.7. The van der Waals surface area contributed by atoms with E-state index in [0.29, 0.717) is 10.2 Å². The summed E-state index contributed by atoms with van der Waals surface area (Å²) in [6.07, 6.45) is -4.69. The molecule has 0 aliphatic carbocycles.